The zero-order valence-electron chi connectivity index (χ0n) is 9.86. The van der Waals surface area contributed by atoms with Gasteiger partial charge in [0.2, 0.25) is 0 Å². The molecule has 0 aromatic heterocycles. The van der Waals surface area contributed by atoms with Gasteiger partial charge in [0.1, 0.15) is 5.75 Å². The van der Waals surface area contributed by atoms with Crippen LogP contribution in [0.25, 0.3) is 10.8 Å². The quantitative estimate of drug-likeness (QED) is 0.683. The second-order valence-electron chi connectivity index (χ2n) is 3.71. The van der Waals surface area contributed by atoms with Gasteiger partial charge in [-0.3, -0.25) is 4.79 Å². The molecule has 0 aliphatic rings. The Morgan fingerprint density at radius 3 is 2.61 bits per heavy atom. The molecule has 0 fully saturated rings. The number of phenolic OH excluding ortho intramolecular Hbond substituents is 1. The van der Waals surface area contributed by atoms with Gasteiger partial charge in [-0.15, -0.1) is 0 Å². The van der Waals surface area contributed by atoms with Gasteiger partial charge in [-0.05, 0) is 18.2 Å². The summed E-state index contributed by atoms with van der Waals surface area (Å²) in [5.74, 6) is 0.255. The van der Waals surface area contributed by atoms with E-state index in [2.05, 4.69) is 15.9 Å². The van der Waals surface area contributed by atoms with Gasteiger partial charge in [0, 0.05) is 28.2 Å². The highest BCUT2D eigenvalue weighted by Crippen LogP contribution is 2.41. The number of fused-ring (bicyclic) bond motifs is 1. The topological polar surface area (TPSA) is 55.8 Å². The van der Waals surface area contributed by atoms with Crippen LogP contribution in [0.2, 0.25) is 0 Å². The average molecular weight is 311 g/mol. The van der Waals surface area contributed by atoms with Gasteiger partial charge in [-0.25, -0.2) is 0 Å². The maximum atomic E-state index is 11.1. The van der Waals surface area contributed by atoms with Crippen molar-refractivity contribution in [1.29, 1.82) is 0 Å². The van der Waals surface area contributed by atoms with E-state index in [1.807, 2.05) is 0 Å². The fraction of sp³-hybridized carbons (Fsp3) is 0.154. The molecule has 0 saturated heterocycles. The number of ether oxygens (including phenoxy) is 2. The van der Waals surface area contributed by atoms with Crippen molar-refractivity contribution in [2.45, 2.75) is 6.92 Å². The molecule has 0 unspecified atom stereocenters. The monoisotopic (exact) mass is 310 g/mol. The number of rotatable bonds is 2. The van der Waals surface area contributed by atoms with Gasteiger partial charge in [0.15, 0.2) is 11.5 Å². The lowest BCUT2D eigenvalue weighted by Gasteiger charge is -2.12. The summed E-state index contributed by atoms with van der Waals surface area (Å²) in [6.45, 7) is 1.32. The first-order valence-electron chi connectivity index (χ1n) is 5.20. The Bertz CT molecular complexity index is 622. The SMILES string of the molecule is COc1cc(O)c2cc(Br)ccc2c1OC(C)=O. The molecule has 1 N–H and O–H groups in total. The predicted octanol–water partition coefficient (Wildman–Crippen LogP) is 3.24. The zero-order chi connectivity index (χ0) is 13.3. The van der Waals surface area contributed by atoms with Crippen LogP contribution in [-0.2, 0) is 4.79 Å². The molecule has 2 aromatic carbocycles. The van der Waals surface area contributed by atoms with Crippen molar-refractivity contribution in [3.63, 3.8) is 0 Å². The largest absolute Gasteiger partial charge is 0.507 e. The molecule has 0 atom stereocenters. The summed E-state index contributed by atoms with van der Waals surface area (Å²) in [7, 11) is 1.45. The highest BCUT2D eigenvalue weighted by atomic mass is 79.9. The first kappa shape index (κ1) is 12.7. The summed E-state index contributed by atoms with van der Waals surface area (Å²) in [4.78, 5) is 11.1. The summed E-state index contributed by atoms with van der Waals surface area (Å²) in [5, 5.41) is 11.1. The smallest absolute Gasteiger partial charge is 0.308 e. The van der Waals surface area contributed by atoms with Crippen LogP contribution in [0.5, 0.6) is 17.2 Å². The number of halogens is 1. The molecule has 2 rings (SSSR count). The third-order valence-electron chi connectivity index (χ3n) is 2.46. The standard InChI is InChI=1S/C13H11BrO4/c1-7(15)18-13-9-4-3-8(14)5-10(9)11(16)6-12(13)17-2/h3-6,16H,1-2H3. The summed E-state index contributed by atoms with van der Waals surface area (Å²) in [6.07, 6.45) is 0. The molecular weight excluding hydrogens is 300 g/mol. The molecule has 5 heteroatoms. The van der Waals surface area contributed by atoms with E-state index in [1.165, 1.54) is 20.1 Å². The Labute approximate surface area is 112 Å². The van der Waals surface area contributed by atoms with E-state index in [1.54, 1.807) is 18.2 Å². The van der Waals surface area contributed by atoms with Crippen LogP contribution in [0.15, 0.2) is 28.7 Å². The molecule has 0 aliphatic heterocycles. The van der Waals surface area contributed by atoms with E-state index in [0.717, 1.165) is 4.47 Å². The maximum absolute atomic E-state index is 11.1. The van der Waals surface area contributed by atoms with Crippen LogP contribution in [0.1, 0.15) is 6.92 Å². The first-order chi connectivity index (χ1) is 8.52. The van der Waals surface area contributed by atoms with Gasteiger partial charge in [-0.1, -0.05) is 15.9 Å². The molecule has 0 saturated carbocycles. The minimum absolute atomic E-state index is 0.0686. The maximum Gasteiger partial charge on any atom is 0.308 e. The summed E-state index contributed by atoms with van der Waals surface area (Å²) < 4.78 is 11.1. The molecule has 0 bridgehead atoms. The lowest BCUT2D eigenvalue weighted by Crippen LogP contribution is -2.03. The Balaban J connectivity index is 2.78. The first-order valence-corrected chi connectivity index (χ1v) is 6.00. The van der Waals surface area contributed by atoms with Crippen molar-refractivity contribution in [3.8, 4) is 17.2 Å². The second-order valence-corrected chi connectivity index (χ2v) is 4.63. The third-order valence-corrected chi connectivity index (χ3v) is 2.95. The number of phenols is 1. The number of methoxy groups -OCH3 is 1. The van der Waals surface area contributed by atoms with Crippen LogP contribution in [-0.4, -0.2) is 18.2 Å². The molecule has 4 nitrogen and oxygen atoms in total. The van der Waals surface area contributed by atoms with Crippen molar-refractivity contribution in [1.82, 2.24) is 0 Å². The lowest BCUT2D eigenvalue weighted by molar-refractivity contribution is -0.131. The molecule has 0 heterocycles. The van der Waals surface area contributed by atoms with Crippen molar-refractivity contribution in [2.75, 3.05) is 7.11 Å². The van der Waals surface area contributed by atoms with E-state index < -0.39 is 5.97 Å². The molecule has 0 radical (unpaired) electrons. The van der Waals surface area contributed by atoms with Gasteiger partial charge < -0.3 is 14.6 Å². The highest BCUT2D eigenvalue weighted by Gasteiger charge is 2.15. The Kier molecular flexibility index (Phi) is 3.43. The number of benzene rings is 2. The van der Waals surface area contributed by atoms with Crippen LogP contribution in [0.3, 0.4) is 0 Å². The molecule has 18 heavy (non-hydrogen) atoms. The molecule has 0 amide bonds. The van der Waals surface area contributed by atoms with Crippen LogP contribution >= 0.6 is 15.9 Å². The number of carbonyl (C=O) groups excluding carboxylic acids is 1. The van der Waals surface area contributed by atoms with E-state index >= 15 is 0 Å². The molecular formula is C13H11BrO4. The fourth-order valence-corrected chi connectivity index (χ4v) is 2.09. The van der Waals surface area contributed by atoms with E-state index in [9.17, 15) is 9.90 Å². The van der Waals surface area contributed by atoms with Gasteiger partial charge in [0.05, 0.1) is 7.11 Å². The van der Waals surface area contributed by atoms with Gasteiger partial charge in [0.25, 0.3) is 0 Å². The molecule has 2 aromatic rings. The minimum Gasteiger partial charge on any atom is -0.507 e. The van der Waals surface area contributed by atoms with Crippen molar-refractivity contribution in [2.24, 2.45) is 0 Å². The normalized spacial score (nSPS) is 10.4. The Morgan fingerprint density at radius 1 is 1.28 bits per heavy atom. The van der Waals surface area contributed by atoms with E-state index in [0.29, 0.717) is 22.3 Å². The predicted molar refractivity (Wildman–Crippen MR) is 71.2 cm³/mol. The fourth-order valence-electron chi connectivity index (χ4n) is 1.73. The van der Waals surface area contributed by atoms with E-state index in [4.69, 9.17) is 9.47 Å². The molecule has 0 aliphatic carbocycles. The Hall–Kier alpha value is -1.75. The van der Waals surface area contributed by atoms with Gasteiger partial charge in [-0.2, -0.15) is 0 Å². The summed E-state index contributed by atoms with van der Waals surface area (Å²) in [6, 6.07) is 6.72. The van der Waals surface area contributed by atoms with Gasteiger partial charge >= 0.3 is 5.97 Å². The summed E-state index contributed by atoms with van der Waals surface area (Å²) in [5.41, 5.74) is 0. The van der Waals surface area contributed by atoms with E-state index in [-0.39, 0.29) is 5.75 Å². The number of hydrogen-bond acceptors (Lipinski definition) is 4. The van der Waals surface area contributed by atoms with Crippen molar-refractivity contribution < 1.29 is 19.4 Å². The lowest BCUT2D eigenvalue weighted by atomic mass is 10.1. The van der Waals surface area contributed by atoms with Crippen LogP contribution in [0, 0.1) is 0 Å². The Morgan fingerprint density at radius 2 is 2.00 bits per heavy atom. The third kappa shape index (κ3) is 2.26. The molecule has 0 spiro atoms. The summed E-state index contributed by atoms with van der Waals surface area (Å²) >= 11 is 3.33. The number of aromatic hydroxyl groups is 1. The zero-order valence-corrected chi connectivity index (χ0v) is 11.4. The second kappa shape index (κ2) is 4.86. The number of carbonyl (C=O) groups is 1. The average Bonchev–Trinajstić information content (AvgIpc) is 2.32. The van der Waals surface area contributed by atoms with Crippen LogP contribution < -0.4 is 9.47 Å². The van der Waals surface area contributed by atoms with Crippen LogP contribution in [0.4, 0.5) is 0 Å². The van der Waals surface area contributed by atoms with Crippen molar-refractivity contribution >= 4 is 32.7 Å². The highest BCUT2D eigenvalue weighted by molar-refractivity contribution is 9.10. The number of hydrogen-bond donors (Lipinski definition) is 1. The molecule has 94 valence electrons. The van der Waals surface area contributed by atoms with Crippen molar-refractivity contribution in [3.05, 3.63) is 28.7 Å². The number of esters is 1. The minimum atomic E-state index is -0.441.